The van der Waals surface area contributed by atoms with Gasteiger partial charge in [-0.3, -0.25) is 14.5 Å². The first-order valence-corrected chi connectivity index (χ1v) is 13.1. The highest BCUT2D eigenvalue weighted by atomic mass is 16.2. The van der Waals surface area contributed by atoms with Gasteiger partial charge in [-0.25, -0.2) is 0 Å². The Balaban J connectivity index is 1.39. The Bertz CT molecular complexity index is 1470. The zero-order valence-electron chi connectivity index (χ0n) is 21.3. The molecule has 4 aromatic rings. The second-order valence-electron chi connectivity index (χ2n) is 10.1. The Labute approximate surface area is 218 Å². The monoisotopic (exact) mass is 489 g/mol. The molecule has 2 heterocycles. The first-order valence-electron chi connectivity index (χ1n) is 13.1. The molecule has 0 radical (unpaired) electrons. The summed E-state index contributed by atoms with van der Waals surface area (Å²) in [4.78, 5) is 31.5. The molecule has 3 aromatic carbocycles. The van der Waals surface area contributed by atoms with Gasteiger partial charge < -0.3 is 9.47 Å². The summed E-state index contributed by atoms with van der Waals surface area (Å²) in [6, 6.07) is 28.1. The van der Waals surface area contributed by atoms with Crippen LogP contribution in [0.3, 0.4) is 0 Å². The number of nitrogens with zero attached hydrogens (tertiary/aromatic N) is 3. The van der Waals surface area contributed by atoms with E-state index in [-0.39, 0.29) is 30.4 Å². The van der Waals surface area contributed by atoms with Crippen molar-refractivity contribution in [3.8, 4) is 5.69 Å². The molecule has 1 aromatic heterocycles. The lowest BCUT2D eigenvalue weighted by atomic mass is 9.96. The van der Waals surface area contributed by atoms with Crippen LogP contribution in [0, 0.1) is 6.92 Å². The van der Waals surface area contributed by atoms with Gasteiger partial charge in [0, 0.05) is 17.8 Å². The summed E-state index contributed by atoms with van der Waals surface area (Å²) in [5.74, 6) is -0.142. The van der Waals surface area contributed by atoms with Crippen LogP contribution in [0.4, 0.5) is 5.69 Å². The smallest absolute Gasteiger partial charge is 0.254 e. The molecule has 5 nitrogen and oxygen atoms in total. The molecule has 0 N–H and O–H groups in total. The highest BCUT2D eigenvalue weighted by Crippen LogP contribution is 2.42. The molecule has 0 saturated heterocycles. The van der Waals surface area contributed by atoms with Gasteiger partial charge in [-0.2, -0.15) is 0 Å². The second-order valence-corrected chi connectivity index (χ2v) is 10.1. The molecule has 5 heteroatoms. The van der Waals surface area contributed by atoms with Gasteiger partial charge in [0.2, 0.25) is 5.91 Å². The van der Waals surface area contributed by atoms with Crippen molar-refractivity contribution >= 4 is 17.5 Å². The van der Waals surface area contributed by atoms with Gasteiger partial charge in [0.25, 0.3) is 5.91 Å². The fraction of sp³-hybridized carbons (Fsp3) is 0.250. The van der Waals surface area contributed by atoms with E-state index in [1.807, 2.05) is 65.6 Å². The SMILES string of the molecule is CCc1ccc(C(=O)N(CC(=O)N2c3ccccc3-n3cccc3C2c2cccc(C)c2)C2CC2)cc1. The summed E-state index contributed by atoms with van der Waals surface area (Å²) in [5.41, 5.74) is 6.91. The van der Waals surface area contributed by atoms with Crippen molar-refractivity contribution in [2.45, 2.75) is 45.2 Å². The van der Waals surface area contributed by atoms with Crippen LogP contribution in [0.15, 0.2) is 91.1 Å². The van der Waals surface area contributed by atoms with Gasteiger partial charge in [-0.15, -0.1) is 0 Å². The van der Waals surface area contributed by atoms with E-state index in [9.17, 15) is 9.59 Å². The van der Waals surface area contributed by atoms with Gasteiger partial charge in [-0.1, -0.05) is 61.0 Å². The van der Waals surface area contributed by atoms with Crippen molar-refractivity contribution in [3.05, 3.63) is 119 Å². The van der Waals surface area contributed by atoms with Crippen LogP contribution in [0.25, 0.3) is 5.69 Å². The highest BCUT2D eigenvalue weighted by Gasteiger charge is 2.40. The van der Waals surface area contributed by atoms with E-state index in [0.717, 1.165) is 47.5 Å². The molecule has 2 amide bonds. The van der Waals surface area contributed by atoms with Crippen molar-refractivity contribution in [2.24, 2.45) is 0 Å². The van der Waals surface area contributed by atoms with Gasteiger partial charge in [0.15, 0.2) is 0 Å². The molecule has 2 aliphatic rings. The van der Waals surface area contributed by atoms with Gasteiger partial charge in [-0.05, 0) is 73.7 Å². The minimum absolute atomic E-state index is 0.0520. The van der Waals surface area contributed by atoms with Crippen LogP contribution >= 0.6 is 0 Å². The number of carbonyl (C=O) groups is 2. The predicted octanol–water partition coefficient (Wildman–Crippen LogP) is 6.09. The van der Waals surface area contributed by atoms with Crippen molar-refractivity contribution in [1.82, 2.24) is 9.47 Å². The minimum Gasteiger partial charge on any atom is -0.326 e. The lowest BCUT2D eigenvalue weighted by molar-refractivity contribution is -0.119. The van der Waals surface area contributed by atoms with Crippen LogP contribution in [0.1, 0.15) is 58.5 Å². The maximum Gasteiger partial charge on any atom is 0.254 e. The summed E-state index contributed by atoms with van der Waals surface area (Å²) in [5, 5.41) is 0. The number of carbonyl (C=O) groups excluding carboxylic acids is 2. The molecular weight excluding hydrogens is 458 g/mol. The first-order chi connectivity index (χ1) is 18.0. The Morgan fingerprint density at radius 1 is 0.892 bits per heavy atom. The number of fused-ring (bicyclic) bond motifs is 3. The number of hydrogen-bond donors (Lipinski definition) is 0. The average molecular weight is 490 g/mol. The van der Waals surface area contributed by atoms with Gasteiger partial charge >= 0.3 is 0 Å². The Morgan fingerprint density at radius 3 is 2.35 bits per heavy atom. The predicted molar refractivity (Wildman–Crippen MR) is 146 cm³/mol. The molecule has 0 spiro atoms. The number of aryl methyl sites for hydroxylation is 2. The van der Waals surface area contributed by atoms with Crippen LogP contribution < -0.4 is 4.90 Å². The summed E-state index contributed by atoms with van der Waals surface area (Å²) in [6.45, 7) is 4.22. The lowest BCUT2D eigenvalue weighted by Crippen LogP contribution is -2.47. The Hall–Kier alpha value is -4.12. The normalized spacial score (nSPS) is 16.2. The van der Waals surface area contributed by atoms with E-state index in [2.05, 4.69) is 48.9 Å². The summed E-state index contributed by atoms with van der Waals surface area (Å²) in [6.07, 6.45) is 4.86. The molecule has 6 rings (SSSR count). The molecule has 1 atom stereocenters. The molecule has 1 fully saturated rings. The summed E-state index contributed by atoms with van der Waals surface area (Å²) < 4.78 is 2.17. The molecule has 37 heavy (non-hydrogen) atoms. The quantitative estimate of drug-likeness (QED) is 0.329. The largest absolute Gasteiger partial charge is 0.326 e. The van der Waals surface area contributed by atoms with E-state index in [1.54, 1.807) is 4.90 Å². The van der Waals surface area contributed by atoms with E-state index in [4.69, 9.17) is 0 Å². The summed E-state index contributed by atoms with van der Waals surface area (Å²) in [7, 11) is 0. The lowest BCUT2D eigenvalue weighted by Gasteiger charge is -2.39. The average Bonchev–Trinajstić information content (AvgIpc) is 3.65. The van der Waals surface area contributed by atoms with Crippen LogP contribution in [-0.2, 0) is 11.2 Å². The molecule has 1 unspecified atom stereocenters. The van der Waals surface area contributed by atoms with E-state index < -0.39 is 0 Å². The Morgan fingerprint density at radius 2 is 1.65 bits per heavy atom. The van der Waals surface area contributed by atoms with Crippen molar-refractivity contribution < 1.29 is 9.59 Å². The number of rotatable bonds is 6. The van der Waals surface area contributed by atoms with Crippen LogP contribution in [0.5, 0.6) is 0 Å². The van der Waals surface area contributed by atoms with E-state index >= 15 is 0 Å². The maximum atomic E-state index is 14.3. The van der Waals surface area contributed by atoms with E-state index in [1.165, 1.54) is 5.56 Å². The molecule has 0 bridgehead atoms. The highest BCUT2D eigenvalue weighted by molar-refractivity contribution is 6.03. The number of amides is 2. The van der Waals surface area contributed by atoms with Gasteiger partial charge in [0.1, 0.15) is 12.6 Å². The van der Waals surface area contributed by atoms with Crippen molar-refractivity contribution in [3.63, 3.8) is 0 Å². The summed E-state index contributed by atoms with van der Waals surface area (Å²) >= 11 is 0. The van der Waals surface area contributed by atoms with Crippen molar-refractivity contribution in [2.75, 3.05) is 11.4 Å². The first kappa shape index (κ1) is 23.3. The zero-order chi connectivity index (χ0) is 25.5. The zero-order valence-corrected chi connectivity index (χ0v) is 21.3. The third kappa shape index (κ3) is 4.25. The van der Waals surface area contributed by atoms with Crippen molar-refractivity contribution in [1.29, 1.82) is 0 Å². The molecular formula is C32H31N3O2. The topological polar surface area (TPSA) is 45.6 Å². The van der Waals surface area contributed by atoms with Gasteiger partial charge in [0.05, 0.1) is 17.1 Å². The molecule has 1 aliphatic carbocycles. The molecule has 1 aliphatic heterocycles. The number of para-hydroxylation sites is 2. The second kappa shape index (κ2) is 9.40. The standard InChI is InChI=1S/C32H31N3O2/c1-3-23-13-15-24(16-14-23)32(37)34(26-17-18-26)21-30(36)35-28-11-5-4-10-27(28)33-19-7-12-29(33)31(35)25-9-6-8-22(2)20-25/h4-16,19-20,26,31H,3,17-18,21H2,1-2H3. The van der Waals surface area contributed by atoms with Crippen LogP contribution in [-0.4, -0.2) is 33.9 Å². The fourth-order valence-corrected chi connectivity index (χ4v) is 5.44. The molecule has 186 valence electrons. The molecule has 1 saturated carbocycles. The number of hydrogen-bond acceptors (Lipinski definition) is 2. The fourth-order valence-electron chi connectivity index (χ4n) is 5.44. The van der Waals surface area contributed by atoms with E-state index in [0.29, 0.717) is 5.56 Å². The number of anilines is 1. The third-order valence-corrected chi connectivity index (χ3v) is 7.51. The maximum absolute atomic E-state index is 14.3. The Kier molecular flexibility index (Phi) is 5.91. The number of benzene rings is 3. The van der Waals surface area contributed by atoms with Crippen LogP contribution in [0.2, 0.25) is 0 Å². The minimum atomic E-state index is -0.280. The number of aromatic nitrogens is 1. The third-order valence-electron chi connectivity index (χ3n) is 7.51.